The molecule has 0 aromatic heterocycles. The lowest BCUT2D eigenvalue weighted by Crippen LogP contribution is -2.63. The van der Waals surface area contributed by atoms with Crippen molar-refractivity contribution in [1.29, 1.82) is 0 Å². The Kier molecular flexibility index (Phi) is 7.66. The zero-order valence-corrected chi connectivity index (χ0v) is 22.7. The number of aliphatic hydroxyl groups excluding tert-OH is 2. The average Bonchev–Trinajstić information content (AvgIpc) is 3.19. The molecule has 8 nitrogen and oxygen atoms in total. The van der Waals surface area contributed by atoms with Gasteiger partial charge in [-0.2, -0.15) is 0 Å². The molecule has 8 heteroatoms. The molecule has 0 spiro atoms. The lowest BCUT2D eigenvalue weighted by molar-refractivity contribution is -0.335. The molecule has 4 fully saturated rings. The fourth-order valence-corrected chi connectivity index (χ4v) is 7.62. The Hall–Kier alpha value is -1.48. The van der Waals surface area contributed by atoms with Crippen LogP contribution in [0.4, 0.5) is 0 Å². The van der Waals surface area contributed by atoms with E-state index in [0.717, 1.165) is 25.7 Å². The summed E-state index contributed by atoms with van der Waals surface area (Å²) in [5, 5.41) is 21.3. The molecular weight excluding hydrogens is 464 g/mol. The quantitative estimate of drug-likeness (QED) is 0.415. The standard InChI is InChI=1S/C28H44O8/c1-8-14(2)25(32)35-23-19(13-29)34-26(24(22(23)31)33-16(4)30)36-28(7)12-11-18-21(27(18,5)6)20-15(3)9-10-17(20)28/h8,15,17-24,26,29,31H,9-13H2,1-7H3/b14-8-/t15-,17+,18-,19-,20-,21-,22+,23-,24-,26+,28-/m1/s1. The van der Waals surface area contributed by atoms with Crippen LogP contribution in [0, 0.1) is 35.0 Å². The molecule has 0 radical (unpaired) electrons. The van der Waals surface area contributed by atoms with E-state index in [4.69, 9.17) is 18.9 Å². The zero-order valence-electron chi connectivity index (χ0n) is 22.7. The molecule has 4 rings (SSSR count). The van der Waals surface area contributed by atoms with E-state index < -0.39 is 54.9 Å². The molecule has 0 amide bonds. The molecule has 0 aromatic carbocycles. The number of carbonyl (C=O) groups is 2. The van der Waals surface area contributed by atoms with Crippen LogP contribution in [0.25, 0.3) is 0 Å². The summed E-state index contributed by atoms with van der Waals surface area (Å²) < 4.78 is 23.8. The van der Waals surface area contributed by atoms with Crippen molar-refractivity contribution in [3.63, 3.8) is 0 Å². The van der Waals surface area contributed by atoms with Crippen LogP contribution in [0.3, 0.4) is 0 Å². The summed E-state index contributed by atoms with van der Waals surface area (Å²) in [7, 11) is 0. The van der Waals surface area contributed by atoms with Crippen molar-refractivity contribution in [2.24, 2.45) is 35.0 Å². The maximum atomic E-state index is 12.4. The van der Waals surface area contributed by atoms with Gasteiger partial charge in [-0.1, -0.05) is 33.3 Å². The fourth-order valence-electron chi connectivity index (χ4n) is 7.62. The highest BCUT2D eigenvalue weighted by Crippen LogP contribution is 2.71. The summed E-state index contributed by atoms with van der Waals surface area (Å²) in [4.78, 5) is 24.4. The third kappa shape index (κ3) is 4.74. The van der Waals surface area contributed by atoms with Crippen molar-refractivity contribution in [1.82, 2.24) is 0 Å². The number of fused-ring (bicyclic) bond motifs is 3. The minimum Gasteiger partial charge on any atom is -0.454 e. The molecule has 0 bridgehead atoms. The second-order valence-corrected chi connectivity index (χ2v) is 12.3. The molecule has 1 heterocycles. The summed E-state index contributed by atoms with van der Waals surface area (Å²) in [6.07, 6.45) is -0.247. The van der Waals surface area contributed by atoms with E-state index in [1.807, 2.05) is 0 Å². The van der Waals surface area contributed by atoms with Gasteiger partial charge >= 0.3 is 11.9 Å². The first-order chi connectivity index (χ1) is 16.9. The van der Waals surface area contributed by atoms with Crippen molar-refractivity contribution >= 4 is 11.9 Å². The van der Waals surface area contributed by atoms with Gasteiger partial charge in [0.1, 0.15) is 12.2 Å². The second-order valence-electron chi connectivity index (χ2n) is 12.3. The third-order valence-corrected chi connectivity index (χ3v) is 9.83. The number of carbonyl (C=O) groups excluding carboxylic acids is 2. The molecule has 3 saturated carbocycles. The Balaban J connectivity index is 1.59. The molecule has 1 saturated heterocycles. The SMILES string of the molecule is C/C=C(/C)C(=O)O[C@H]1[C@H](O)[C@@H](OC(C)=O)[C@H](O[C@]2(C)CC[C@@H]3[C@H]([C@@H]4[C@H](C)CC[C@@H]42)C3(C)C)O[C@@H]1CO. The van der Waals surface area contributed by atoms with Crippen LogP contribution < -0.4 is 0 Å². The number of allylic oxidation sites excluding steroid dienone is 1. The number of hydrogen-bond acceptors (Lipinski definition) is 8. The predicted octanol–water partition coefficient (Wildman–Crippen LogP) is 3.38. The van der Waals surface area contributed by atoms with Gasteiger partial charge < -0.3 is 29.2 Å². The van der Waals surface area contributed by atoms with Gasteiger partial charge in [-0.25, -0.2) is 4.79 Å². The van der Waals surface area contributed by atoms with Crippen molar-refractivity contribution in [3.8, 4) is 0 Å². The number of esters is 2. The van der Waals surface area contributed by atoms with Gasteiger partial charge in [0.25, 0.3) is 0 Å². The van der Waals surface area contributed by atoms with E-state index in [9.17, 15) is 19.8 Å². The smallest absolute Gasteiger partial charge is 0.333 e. The van der Waals surface area contributed by atoms with Gasteiger partial charge in [-0.05, 0) is 75.0 Å². The highest BCUT2D eigenvalue weighted by Gasteiger charge is 2.67. The van der Waals surface area contributed by atoms with Crippen LogP contribution in [0.5, 0.6) is 0 Å². The molecule has 0 unspecified atom stereocenters. The van der Waals surface area contributed by atoms with Crippen molar-refractivity contribution in [2.75, 3.05) is 6.61 Å². The Morgan fingerprint density at radius 2 is 1.75 bits per heavy atom. The first-order valence-electron chi connectivity index (χ1n) is 13.5. The summed E-state index contributed by atoms with van der Waals surface area (Å²) in [6.45, 7) is 13.3. The van der Waals surface area contributed by atoms with Gasteiger partial charge in [0, 0.05) is 12.5 Å². The van der Waals surface area contributed by atoms with Gasteiger partial charge in [-0.3, -0.25) is 4.79 Å². The van der Waals surface area contributed by atoms with Gasteiger partial charge in [0.2, 0.25) is 0 Å². The van der Waals surface area contributed by atoms with Gasteiger partial charge in [0.15, 0.2) is 18.5 Å². The lowest BCUT2D eigenvalue weighted by atomic mass is 9.74. The largest absolute Gasteiger partial charge is 0.454 e. The van der Waals surface area contributed by atoms with E-state index in [1.54, 1.807) is 19.9 Å². The van der Waals surface area contributed by atoms with Crippen molar-refractivity contribution in [2.45, 2.75) is 110 Å². The predicted molar refractivity (Wildman–Crippen MR) is 131 cm³/mol. The number of rotatable bonds is 6. The number of hydrogen-bond donors (Lipinski definition) is 2. The molecule has 0 aromatic rings. The normalized spacial score (nSPS) is 45.8. The lowest BCUT2D eigenvalue weighted by Gasteiger charge is -2.48. The van der Waals surface area contributed by atoms with E-state index in [-0.39, 0.29) is 0 Å². The van der Waals surface area contributed by atoms with E-state index in [0.29, 0.717) is 40.6 Å². The fraction of sp³-hybridized carbons (Fsp3) is 0.857. The highest BCUT2D eigenvalue weighted by atomic mass is 16.7. The van der Waals surface area contributed by atoms with Crippen molar-refractivity contribution in [3.05, 3.63) is 11.6 Å². The van der Waals surface area contributed by atoms with Gasteiger partial charge in [0.05, 0.1) is 12.2 Å². The topological polar surface area (TPSA) is 112 Å². The summed E-state index contributed by atoms with van der Waals surface area (Å²) in [6, 6.07) is 0. The zero-order chi connectivity index (χ0) is 26.6. The highest BCUT2D eigenvalue weighted by molar-refractivity contribution is 5.87. The summed E-state index contributed by atoms with van der Waals surface area (Å²) >= 11 is 0. The number of ether oxygens (including phenoxy) is 4. The van der Waals surface area contributed by atoms with Crippen LogP contribution in [-0.4, -0.2) is 65.1 Å². The summed E-state index contributed by atoms with van der Waals surface area (Å²) in [5.41, 5.74) is 0.174. The van der Waals surface area contributed by atoms with Crippen LogP contribution >= 0.6 is 0 Å². The van der Waals surface area contributed by atoms with E-state index >= 15 is 0 Å². The Morgan fingerprint density at radius 1 is 1.06 bits per heavy atom. The maximum absolute atomic E-state index is 12.4. The molecule has 3 aliphatic carbocycles. The minimum absolute atomic E-state index is 0.323. The molecule has 11 atom stereocenters. The molecule has 2 N–H and O–H groups in total. The Bertz CT molecular complexity index is 883. The minimum atomic E-state index is -1.42. The first-order valence-corrected chi connectivity index (χ1v) is 13.5. The van der Waals surface area contributed by atoms with Crippen molar-refractivity contribution < 1.29 is 38.7 Å². The van der Waals surface area contributed by atoms with Crippen LogP contribution in [0.2, 0.25) is 0 Å². The third-order valence-electron chi connectivity index (χ3n) is 9.83. The molecule has 1 aliphatic heterocycles. The van der Waals surface area contributed by atoms with E-state index in [1.165, 1.54) is 6.92 Å². The molecule has 204 valence electrons. The monoisotopic (exact) mass is 508 g/mol. The summed E-state index contributed by atoms with van der Waals surface area (Å²) in [5.74, 6) is 1.59. The average molecular weight is 509 g/mol. The maximum Gasteiger partial charge on any atom is 0.333 e. The van der Waals surface area contributed by atoms with Crippen LogP contribution in [-0.2, 0) is 28.5 Å². The Labute approximate surface area is 214 Å². The molecule has 36 heavy (non-hydrogen) atoms. The number of aliphatic hydroxyl groups is 2. The second kappa shape index (κ2) is 10.0. The molecule has 4 aliphatic rings. The van der Waals surface area contributed by atoms with E-state index in [2.05, 4.69) is 27.7 Å². The van der Waals surface area contributed by atoms with Crippen LogP contribution in [0.15, 0.2) is 11.6 Å². The van der Waals surface area contributed by atoms with Gasteiger partial charge in [-0.15, -0.1) is 0 Å². The Morgan fingerprint density at radius 3 is 2.36 bits per heavy atom. The first kappa shape index (κ1) is 27.6. The molecular formula is C28H44O8. The van der Waals surface area contributed by atoms with Crippen LogP contribution in [0.1, 0.15) is 74.1 Å².